The van der Waals surface area contributed by atoms with Crippen LogP contribution in [0.5, 0.6) is 5.75 Å². The zero-order valence-corrected chi connectivity index (χ0v) is 17.7. The topological polar surface area (TPSA) is 84.7 Å². The second kappa shape index (κ2) is 8.31. The van der Waals surface area contributed by atoms with Crippen LogP contribution >= 0.6 is 15.9 Å². The van der Waals surface area contributed by atoms with Crippen molar-refractivity contribution in [3.8, 4) is 23.5 Å². The maximum Gasteiger partial charge on any atom is 0.266 e. The second-order valence-corrected chi connectivity index (χ2v) is 7.87. The third-order valence-electron chi connectivity index (χ3n) is 4.49. The van der Waals surface area contributed by atoms with Crippen molar-refractivity contribution < 1.29 is 18.3 Å². The number of hydrogen-bond acceptors (Lipinski definition) is 7. The molecule has 0 N–H and O–H groups in total. The van der Waals surface area contributed by atoms with Crippen LogP contribution in [0.4, 0.5) is 5.88 Å². The molecular formula is C21H20BrN3O4. The first kappa shape index (κ1) is 19.6. The molecule has 29 heavy (non-hydrogen) atoms. The van der Waals surface area contributed by atoms with E-state index in [1.165, 1.54) is 0 Å². The Kier molecular flexibility index (Phi) is 5.60. The van der Waals surface area contributed by atoms with Gasteiger partial charge in [0.2, 0.25) is 11.6 Å². The monoisotopic (exact) mass is 457 g/mol. The van der Waals surface area contributed by atoms with Gasteiger partial charge in [-0.15, -0.1) is 0 Å². The minimum atomic E-state index is 0.0461. The highest BCUT2D eigenvalue weighted by atomic mass is 79.9. The van der Waals surface area contributed by atoms with E-state index in [1.807, 2.05) is 49.1 Å². The van der Waals surface area contributed by atoms with Gasteiger partial charge in [-0.25, -0.2) is 0 Å². The molecular weight excluding hydrogens is 438 g/mol. The molecule has 1 aliphatic rings. The van der Waals surface area contributed by atoms with E-state index in [2.05, 4.69) is 27.0 Å². The molecule has 0 aliphatic carbocycles. The van der Waals surface area contributed by atoms with Crippen molar-refractivity contribution in [1.29, 1.82) is 5.26 Å². The number of furan rings is 1. The lowest BCUT2D eigenvalue weighted by Crippen LogP contribution is -2.45. The number of halogens is 1. The largest absolute Gasteiger partial charge is 0.486 e. The van der Waals surface area contributed by atoms with E-state index >= 15 is 0 Å². The molecule has 3 aromatic rings. The van der Waals surface area contributed by atoms with E-state index in [4.69, 9.17) is 18.3 Å². The Hall–Kier alpha value is -2.76. The molecule has 1 aromatic carbocycles. The number of benzene rings is 1. The summed E-state index contributed by atoms with van der Waals surface area (Å²) in [6.45, 7) is 5.54. The van der Waals surface area contributed by atoms with Gasteiger partial charge in [0, 0.05) is 17.6 Å². The molecule has 2 atom stereocenters. The van der Waals surface area contributed by atoms with Crippen LogP contribution in [0.15, 0.2) is 49.7 Å². The Balaban J connectivity index is 1.50. The molecule has 0 amide bonds. The molecule has 4 rings (SSSR count). The predicted molar refractivity (Wildman–Crippen MR) is 110 cm³/mol. The van der Waals surface area contributed by atoms with Gasteiger partial charge in [0.05, 0.1) is 12.2 Å². The number of aromatic nitrogens is 1. The van der Waals surface area contributed by atoms with Crippen molar-refractivity contribution in [2.75, 3.05) is 18.0 Å². The van der Waals surface area contributed by atoms with Crippen LogP contribution in [-0.2, 0) is 11.3 Å². The highest BCUT2D eigenvalue weighted by Gasteiger charge is 2.28. The quantitative estimate of drug-likeness (QED) is 0.545. The summed E-state index contributed by atoms with van der Waals surface area (Å²) in [5.74, 6) is 2.56. The van der Waals surface area contributed by atoms with Crippen molar-refractivity contribution in [3.05, 3.63) is 52.3 Å². The van der Waals surface area contributed by atoms with E-state index in [0.717, 1.165) is 10.2 Å². The lowest BCUT2D eigenvalue weighted by atomic mass is 10.2. The van der Waals surface area contributed by atoms with Crippen molar-refractivity contribution in [2.45, 2.75) is 32.7 Å². The Labute approximate surface area is 177 Å². The lowest BCUT2D eigenvalue weighted by Gasteiger charge is -2.34. The van der Waals surface area contributed by atoms with Crippen LogP contribution in [0.25, 0.3) is 11.7 Å². The average Bonchev–Trinajstić information content (AvgIpc) is 3.33. The number of nitriles is 1. The second-order valence-electron chi connectivity index (χ2n) is 6.96. The molecule has 0 radical (unpaired) electrons. The van der Waals surface area contributed by atoms with Gasteiger partial charge in [-0.3, -0.25) is 0 Å². The highest BCUT2D eigenvalue weighted by Crippen LogP contribution is 2.31. The van der Waals surface area contributed by atoms with Crippen LogP contribution < -0.4 is 9.64 Å². The number of oxazole rings is 1. The molecule has 0 saturated carbocycles. The molecule has 0 unspecified atom stereocenters. The number of morpholine rings is 1. The number of hydrogen-bond donors (Lipinski definition) is 0. The molecule has 1 saturated heterocycles. The summed E-state index contributed by atoms with van der Waals surface area (Å²) < 4.78 is 24.2. The summed E-state index contributed by atoms with van der Waals surface area (Å²) in [5.41, 5.74) is 0.241. The number of rotatable bonds is 5. The van der Waals surface area contributed by atoms with Crippen molar-refractivity contribution in [1.82, 2.24) is 4.98 Å². The normalized spacial score (nSPS) is 19.2. The Bertz CT molecular complexity index is 1010. The Morgan fingerprint density at radius 3 is 2.55 bits per heavy atom. The van der Waals surface area contributed by atoms with Gasteiger partial charge in [0.1, 0.15) is 24.2 Å². The van der Waals surface area contributed by atoms with Crippen molar-refractivity contribution >= 4 is 21.8 Å². The fourth-order valence-electron chi connectivity index (χ4n) is 3.30. The summed E-state index contributed by atoms with van der Waals surface area (Å²) in [4.78, 5) is 6.31. The zero-order chi connectivity index (χ0) is 20.4. The van der Waals surface area contributed by atoms with E-state index in [-0.39, 0.29) is 30.4 Å². The molecule has 8 heteroatoms. The van der Waals surface area contributed by atoms with Crippen LogP contribution in [0.2, 0.25) is 0 Å². The summed E-state index contributed by atoms with van der Waals surface area (Å²) in [6, 6.07) is 13.3. The first-order chi connectivity index (χ1) is 14.0. The summed E-state index contributed by atoms with van der Waals surface area (Å²) in [5, 5.41) is 9.49. The summed E-state index contributed by atoms with van der Waals surface area (Å²) in [7, 11) is 0. The van der Waals surface area contributed by atoms with Gasteiger partial charge in [0.25, 0.3) is 5.89 Å². The molecule has 1 aliphatic heterocycles. The number of ether oxygens (including phenoxy) is 2. The lowest BCUT2D eigenvalue weighted by molar-refractivity contribution is -0.00639. The minimum Gasteiger partial charge on any atom is -0.486 e. The molecule has 0 spiro atoms. The third-order valence-corrected chi connectivity index (χ3v) is 5.02. The predicted octanol–water partition coefficient (Wildman–Crippen LogP) is 4.76. The van der Waals surface area contributed by atoms with Crippen LogP contribution in [0.1, 0.15) is 25.3 Å². The molecule has 3 heterocycles. The molecule has 150 valence electrons. The van der Waals surface area contributed by atoms with Gasteiger partial charge < -0.3 is 23.2 Å². The van der Waals surface area contributed by atoms with E-state index in [9.17, 15) is 5.26 Å². The average molecular weight is 458 g/mol. The van der Waals surface area contributed by atoms with Gasteiger partial charge in [-0.05, 0) is 50.2 Å². The Morgan fingerprint density at radius 1 is 1.14 bits per heavy atom. The maximum atomic E-state index is 9.49. The fourth-order valence-corrected chi connectivity index (χ4v) is 3.57. The molecule has 2 aromatic heterocycles. The van der Waals surface area contributed by atoms with Gasteiger partial charge in [0.15, 0.2) is 5.76 Å². The first-order valence-corrected chi connectivity index (χ1v) is 10.1. The van der Waals surface area contributed by atoms with Crippen molar-refractivity contribution in [3.63, 3.8) is 0 Å². The van der Waals surface area contributed by atoms with Crippen molar-refractivity contribution in [2.24, 2.45) is 0 Å². The zero-order valence-electron chi connectivity index (χ0n) is 16.1. The van der Waals surface area contributed by atoms with Gasteiger partial charge >= 0.3 is 0 Å². The summed E-state index contributed by atoms with van der Waals surface area (Å²) in [6.07, 6.45) is 0.0923. The smallest absolute Gasteiger partial charge is 0.266 e. The molecule has 1 fully saturated rings. The highest BCUT2D eigenvalue weighted by molar-refractivity contribution is 9.10. The third kappa shape index (κ3) is 4.47. The molecule has 0 bridgehead atoms. The van der Waals surface area contributed by atoms with Crippen LogP contribution in [0.3, 0.4) is 0 Å². The molecule has 7 nitrogen and oxygen atoms in total. The van der Waals surface area contributed by atoms with E-state index in [0.29, 0.717) is 30.5 Å². The maximum absolute atomic E-state index is 9.49. The van der Waals surface area contributed by atoms with E-state index < -0.39 is 0 Å². The van der Waals surface area contributed by atoms with E-state index in [1.54, 1.807) is 6.07 Å². The Morgan fingerprint density at radius 2 is 1.86 bits per heavy atom. The fraction of sp³-hybridized carbons (Fsp3) is 0.333. The first-order valence-electron chi connectivity index (χ1n) is 9.30. The summed E-state index contributed by atoms with van der Waals surface area (Å²) >= 11 is 3.39. The van der Waals surface area contributed by atoms with Gasteiger partial charge in [-0.2, -0.15) is 10.2 Å². The standard InChI is InChI=1S/C21H20BrN3O4/c1-13-10-25(11-14(2)27-13)21-18(9-23)24-20(29-21)19-8-7-17(28-19)12-26-16-5-3-15(22)4-6-16/h3-8,13-14H,10-12H2,1-2H3/t13-,14-/m0/s1. The van der Waals surface area contributed by atoms with Crippen LogP contribution in [-0.4, -0.2) is 30.3 Å². The van der Waals surface area contributed by atoms with Gasteiger partial charge in [-0.1, -0.05) is 15.9 Å². The number of anilines is 1. The van der Waals surface area contributed by atoms with Crippen LogP contribution in [0, 0.1) is 11.3 Å². The minimum absolute atomic E-state index is 0.0461. The SMILES string of the molecule is C[C@H]1CN(c2oc(-c3ccc(COc4ccc(Br)cc4)o3)nc2C#N)C[C@H](C)O1. The number of nitrogens with zero attached hydrogens (tertiary/aromatic N) is 3.